The number of methoxy groups -OCH3 is 1. The summed E-state index contributed by atoms with van der Waals surface area (Å²) in [6.07, 6.45) is 3.70. The Balaban J connectivity index is 2.12. The molecule has 2 heteroatoms. The quantitative estimate of drug-likeness (QED) is 0.822. The van der Waals surface area contributed by atoms with E-state index in [9.17, 15) is 0 Å². The predicted molar refractivity (Wildman–Crippen MR) is 66.9 cm³/mol. The SMILES string of the molecule is CCCC1(Cc2ccccc2OC)CNC1. The molecule has 0 spiro atoms. The molecule has 1 aromatic rings. The Morgan fingerprint density at radius 1 is 1.31 bits per heavy atom. The monoisotopic (exact) mass is 219 g/mol. The van der Waals surface area contributed by atoms with Crippen LogP contribution in [-0.2, 0) is 6.42 Å². The van der Waals surface area contributed by atoms with Crippen molar-refractivity contribution in [1.82, 2.24) is 5.32 Å². The normalized spacial score (nSPS) is 17.9. The second-order valence-electron chi connectivity index (χ2n) is 4.84. The van der Waals surface area contributed by atoms with Gasteiger partial charge in [0.2, 0.25) is 0 Å². The highest BCUT2D eigenvalue weighted by molar-refractivity contribution is 5.34. The zero-order valence-electron chi connectivity index (χ0n) is 10.3. The van der Waals surface area contributed by atoms with Crippen molar-refractivity contribution in [3.8, 4) is 5.75 Å². The van der Waals surface area contributed by atoms with Crippen molar-refractivity contribution in [3.05, 3.63) is 29.8 Å². The molecule has 1 N–H and O–H groups in total. The van der Waals surface area contributed by atoms with Crippen LogP contribution in [0.1, 0.15) is 25.3 Å². The molecule has 0 atom stereocenters. The van der Waals surface area contributed by atoms with Gasteiger partial charge in [0, 0.05) is 13.1 Å². The van der Waals surface area contributed by atoms with Gasteiger partial charge in [0.15, 0.2) is 0 Å². The Labute approximate surface area is 98.0 Å². The van der Waals surface area contributed by atoms with Crippen LogP contribution in [0.5, 0.6) is 5.75 Å². The van der Waals surface area contributed by atoms with E-state index < -0.39 is 0 Å². The van der Waals surface area contributed by atoms with Crippen LogP contribution in [0.15, 0.2) is 24.3 Å². The van der Waals surface area contributed by atoms with Crippen molar-refractivity contribution in [1.29, 1.82) is 0 Å². The lowest BCUT2D eigenvalue weighted by Crippen LogP contribution is -2.54. The third-order valence-corrected chi connectivity index (χ3v) is 3.54. The number of para-hydroxylation sites is 1. The number of nitrogens with one attached hydrogen (secondary N) is 1. The smallest absolute Gasteiger partial charge is 0.122 e. The number of rotatable bonds is 5. The molecule has 1 heterocycles. The highest BCUT2D eigenvalue weighted by Crippen LogP contribution is 2.35. The first kappa shape index (κ1) is 11.5. The summed E-state index contributed by atoms with van der Waals surface area (Å²) in [5.74, 6) is 1.03. The van der Waals surface area contributed by atoms with Crippen molar-refractivity contribution < 1.29 is 4.74 Å². The molecule has 0 aromatic heterocycles. The van der Waals surface area contributed by atoms with Crippen LogP contribution in [0, 0.1) is 5.41 Å². The molecule has 0 radical (unpaired) electrons. The van der Waals surface area contributed by atoms with E-state index in [1.165, 1.54) is 18.4 Å². The molecule has 0 bridgehead atoms. The largest absolute Gasteiger partial charge is 0.496 e. The zero-order chi connectivity index (χ0) is 11.4. The summed E-state index contributed by atoms with van der Waals surface area (Å²) < 4.78 is 5.42. The lowest BCUT2D eigenvalue weighted by molar-refractivity contribution is 0.149. The van der Waals surface area contributed by atoms with Gasteiger partial charge in [0.25, 0.3) is 0 Å². The van der Waals surface area contributed by atoms with Gasteiger partial charge in [-0.2, -0.15) is 0 Å². The molecular weight excluding hydrogens is 198 g/mol. The van der Waals surface area contributed by atoms with Gasteiger partial charge in [-0.05, 0) is 29.9 Å². The summed E-state index contributed by atoms with van der Waals surface area (Å²) in [7, 11) is 1.75. The summed E-state index contributed by atoms with van der Waals surface area (Å²) in [5.41, 5.74) is 1.82. The molecule has 0 saturated carbocycles. The lowest BCUT2D eigenvalue weighted by atomic mass is 9.73. The predicted octanol–water partition coefficient (Wildman–Crippen LogP) is 2.63. The van der Waals surface area contributed by atoms with Crippen molar-refractivity contribution in [2.45, 2.75) is 26.2 Å². The highest BCUT2D eigenvalue weighted by Gasteiger charge is 2.36. The summed E-state index contributed by atoms with van der Waals surface area (Å²) in [5, 5.41) is 3.40. The van der Waals surface area contributed by atoms with Gasteiger partial charge in [0.1, 0.15) is 5.75 Å². The Hall–Kier alpha value is -1.02. The van der Waals surface area contributed by atoms with E-state index in [2.05, 4.69) is 30.4 Å². The van der Waals surface area contributed by atoms with E-state index in [-0.39, 0.29) is 0 Å². The molecule has 1 saturated heterocycles. The zero-order valence-corrected chi connectivity index (χ0v) is 10.3. The summed E-state index contributed by atoms with van der Waals surface area (Å²) in [6.45, 7) is 4.57. The van der Waals surface area contributed by atoms with Gasteiger partial charge in [0.05, 0.1) is 7.11 Å². The van der Waals surface area contributed by atoms with Crippen LogP contribution >= 0.6 is 0 Å². The molecule has 16 heavy (non-hydrogen) atoms. The Kier molecular flexibility index (Phi) is 3.49. The van der Waals surface area contributed by atoms with Crippen LogP contribution in [-0.4, -0.2) is 20.2 Å². The van der Waals surface area contributed by atoms with Crippen LogP contribution in [0.2, 0.25) is 0 Å². The number of benzene rings is 1. The molecule has 0 unspecified atom stereocenters. The van der Waals surface area contributed by atoms with Gasteiger partial charge < -0.3 is 10.1 Å². The average molecular weight is 219 g/mol. The fraction of sp³-hybridized carbons (Fsp3) is 0.571. The van der Waals surface area contributed by atoms with Crippen LogP contribution in [0.3, 0.4) is 0 Å². The van der Waals surface area contributed by atoms with Gasteiger partial charge in [-0.25, -0.2) is 0 Å². The Morgan fingerprint density at radius 2 is 2.06 bits per heavy atom. The number of hydrogen-bond acceptors (Lipinski definition) is 2. The maximum atomic E-state index is 5.42. The van der Waals surface area contributed by atoms with Gasteiger partial charge in [-0.1, -0.05) is 31.5 Å². The van der Waals surface area contributed by atoms with E-state index in [0.717, 1.165) is 25.3 Å². The number of ether oxygens (including phenoxy) is 1. The van der Waals surface area contributed by atoms with Crippen molar-refractivity contribution in [2.24, 2.45) is 5.41 Å². The van der Waals surface area contributed by atoms with E-state index in [1.807, 2.05) is 6.07 Å². The van der Waals surface area contributed by atoms with E-state index in [1.54, 1.807) is 7.11 Å². The van der Waals surface area contributed by atoms with E-state index in [0.29, 0.717) is 5.41 Å². The summed E-state index contributed by atoms with van der Waals surface area (Å²) >= 11 is 0. The molecule has 0 amide bonds. The van der Waals surface area contributed by atoms with Gasteiger partial charge in [-0.3, -0.25) is 0 Å². The minimum absolute atomic E-state index is 0.476. The highest BCUT2D eigenvalue weighted by atomic mass is 16.5. The molecule has 0 aliphatic carbocycles. The third kappa shape index (κ3) is 2.22. The molecule has 2 nitrogen and oxygen atoms in total. The first-order valence-electron chi connectivity index (χ1n) is 6.12. The summed E-state index contributed by atoms with van der Waals surface area (Å²) in [6, 6.07) is 8.38. The van der Waals surface area contributed by atoms with E-state index >= 15 is 0 Å². The Morgan fingerprint density at radius 3 is 2.62 bits per heavy atom. The molecule has 1 aliphatic rings. The topological polar surface area (TPSA) is 21.3 Å². The van der Waals surface area contributed by atoms with Gasteiger partial charge in [-0.15, -0.1) is 0 Å². The van der Waals surface area contributed by atoms with Crippen LogP contribution in [0.4, 0.5) is 0 Å². The number of hydrogen-bond donors (Lipinski definition) is 1. The molecule has 2 rings (SSSR count). The molecule has 1 fully saturated rings. The van der Waals surface area contributed by atoms with Crippen LogP contribution < -0.4 is 10.1 Å². The third-order valence-electron chi connectivity index (χ3n) is 3.54. The second-order valence-corrected chi connectivity index (χ2v) is 4.84. The standard InChI is InChI=1S/C14H21NO/c1-3-8-14(10-15-11-14)9-12-6-4-5-7-13(12)16-2/h4-7,15H,3,8-11H2,1-2H3. The van der Waals surface area contributed by atoms with Crippen molar-refractivity contribution in [3.63, 3.8) is 0 Å². The van der Waals surface area contributed by atoms with Crippen molar-refractivity contribution >= 4 is 0 Å². The first-order chi connectivity index (χ1) is 7.79. The molecule has 1 aromatic carbocycles. The van der Waals surface area contributed by atoms with Crippen molar-refractivity contribution in [2.75, 3.05) is 20.2 Å². The minimum Gasteiger partial charge on any atom is -0.496 e. The average Bonchev–Trinajstić information content (AvgIpc) is 2.27. The fourth-order valence-corrected chi connectivity index (χ4v) is 2.65. The second kappa shape index (κ2) is 4.88. The maximum absolute atomic E-state index is 5.42. The van der Waals surface area contributed by atoms with Gasteiger partial charge >= 0.3 is 0 Å². The summed E-state index contributed by atoms with van der Waals surface area (Å²) in [4.78, 5) is 0. The minimum atomic E-state index is 0.476. The Bertz CT molecular complexity index is 344. The molecule has 88 valence electrons. The molecule has 1 aliphatic heterocycles. The fourth-order valence-electron chi connectivity index (χ4n) is 2.65. The van der Waals surface area contributed by atoms with Crippen LogP contribution in [0.25, 0.3) is 0 Å². The first-order valence-corrected chi connectivity index (χ1v) is 6.12. The molecular formula is C14H21NO. The lowest BCUT2D eigenvalue weighted by Gasteiger charge is -2.43. The van der Waals surface area contributed by atoms with E-state index in [4.69, 9.17) is 4.74 Å². The maximum Gasteiger partial charge on any atom is 0.122 e.